The third-order valence-corrected chi connectivity index (χ3v) is 6.40. The van der Waals surface area contributed by atoms with Crippen LogP contribution < -0.4 is 30.7 Å². The second kappa shape index (κ2) is 7.51. The number of methoxy groups -OCH3 is 2. The molecule has 0 unspecified atom stereocenters. The van der Waals surface area contributed by atoms with E-state index in [-0.39, 0.29) is 21.2 Å². The minimum Gasteiger partial charge on any atom is -0.497 e. The molecule has 3 aromatic carbocycles. The van der Waals surface area contributed by atoms with Crippen LogP contribution in [0.4, 0.5) is 0 Å². The van der Waals surface area contributed by atoms with Gasteiger partial charge in [0.05, 0.1) is 14.2 Å². The van der Waals surface area contributed by atoms with Gasteiger partial charge in [0.1, 0.15) is 11.5 Å². The summed E-state index contributed by atoms with van der Waals surface area (Å²) in [4.78, 5) is 0. The number of benzene rings is 3. The number of ether oxygens (including phenoxy) is 2. The fourth-order valence-corrected chi connectivity index (χ4v) is 4.86. The Labute approximate surface area is 147 Å². The van der Waals surface area contributed by atoms with Crippen molar-refractivity contribution in [2.75, 3.05) is 14.2 Å². The van der Waals surface area contributed by atoms with Gasteiger partial charge in [-0.15, -0.1) is 0 Å². The molecule has 116 valence electrons. The molecule has 3 aromatic rings. The zero-order valence-electron chi connectivity index (χ0n) is 13.1. The second-order valence-corrected chi connectivity index (χ2v) is 7.91. The van der Waals surface area contributed by atoms with E-state index in [9.17, 15) is 0 Å². The van der Waals surface area contributed by atoms with E-state index in [0.29, 0.717) is 0 Å². The van der Waals surface area contributed by atoms with Crippen LogP contribution in [0.5, 0.6) is 11.5 Å². The summed E-state index contributed by atoms with van der Waals surface area (Å²) in [5.74, 6) is 1.79. The molecular weight excluding hydrogens is 399 g/mol. The summed E-state index contributed by atoms with van der Waals surface area (Å²) in [5.41, 5.74) is 2.54. The first-order valence-electron chi connectivity index (χ1n) is 7.32. The van der Waals surface area contributed by atoms with Crippen molar-refractivity contribution in [1.82, 2.24) is 0 Å². The van der Waals surface area contributed by atoms with Crippen molar-refractivity contribution in [2.24, 2.45) is 0 Å². The van der Waals surface area contributed by atoms with Gasteiger partial charge in [0.2, 0.25) is 3.57 Å². The molecule has 0 aliphatic carbocycles. The van der Waals surface area contributed by atoms with Crippen LogP contribution in [0.1, 0.15) is 0 Å². The molecule has 0 radical (unpaired) electrons. The van der Waals surface area contributed by atoms with Crippen LogP contribution in [-0.4, -0.2) is 14.2 Å². The Morgan fingerprint density at radius 1 is 0.652 bits per heavy atom. The molecule has 0 aliphatic heterocycles. The molecule has 0 atom stereocenters. The quantitative estimate of drug-likeness (QED) is 0.586. The third-order valence-electron chi connectivity index (χ3n) is 3.54. The van der Waals surface area contributed by atoms with Gasteiger partial charge in [-0.3, -0.25) is 0 Å². The lowest BCUT2D eigenvalue weighted by molar-refractivity contribution is -0.596. The van der Waals surface area contributed by atoms with E-state index in [1.807, 2.05) is 24.3 Å². The first kappa shape index (κ1) is 15.9. The van der Waals surface area contributed by atoms with Crippen molar-refractivity contribution in [2.45, 2.75) is 0 Å². The van der Waals surface area contributed by atoms with Gasteiger partial charge >= 0.3 is 21.2 Å². The second-order valence-electron chi connectivity index (χ2n) is 4.96. The Bertz CT molecular complexity index is 764. The van der Waals surface area contributed by atoms with Gasteiger partial charge in [-0.25, -0.2) is 0 Å². The van der Waals surface area contributed by atoms with E-state index in [0.717, 1.165) is 11.5 Å². The van der Waals surface area contributed by atoms with Crippen LogP contribution in [-0.2, 0) is 0 Å². The van der Waals surface area contributed by atoms with Gasteiger partial charge in [0.25, 0.3) is 0 Å². The first-order chi connectivity index (χ1) is 11.3. The normalized spacial score (nSPS) is 10.3. The van der Waals surface area contributed by atoms with E-state index in [2.05, 4.69) is 48.5 Å². The predicted molar refractivity (Wildman–Crippen MR) is 88.8 cm³/mol. The first-order valence-corrected chi connectivity index (χ1v) is 9.48. The summed E-state index contributed by atoms with van der Waals surface area (Å²) in [6.07, 6.45) is 0. The molecule has 0 spiro atoms. The van der Waals surface area contributed by atoms with Crippen molar-refractivity contribution in [1.29, 1.82) is 0 Å². The van der Waals surface area contributed by atoms with Crippen molar-refractivity contribution in [3.05, 3.63) is 79.9 Å². The fourth-order valence-electron chi connectivity index (χ4n) is 2.30. The molecule has 0 aromatic heterocycles. The summed E-state index contributed by atoms with van der Waals surface area (Å²) in [6, 6.07) is 25.3. The van der Waals surface area contributed by atoms with Gasteiger partial charge in [0.15, 0.2) is 3.57 Å². The smallest absolute Gasteiger partial charge is 0.358 e. The largest absolute Gasteiger partial charge is 0.497 e. The maximum Gasteiger partial charge on any atom is 0.358 e. The van der Waals surface area contributed by atoms with Gasteiger partial charge in [-0.1, -0.05) is 24.3 Å². The van der Waals surface area contributed by atoms with Crippen molar-refractivity contribution >= 4 is 0 Å². The van der Waals surface area contributed by atoms with E-state index >= 15 is 0 Å². The lowest BCUT2D eigenvalue weighted by Crippen LogP contribution is -3.61. The van der Waals surface area contributed by atoms with Crippen LogP contribution in [0.15, 0.2) is 72.8 Å². The van der Waals surface area contributed by atoms with Gasteiger partial charge < -0.3 is 9.47 Å². The SMILES string of the molecule is COc1ccc([I+]c2ccccc2-c2ccc(OC)cc2)cc1. The summed E-state index contributed by atoms with van der Waals surface area (Å²) in [7, 11) is 3.39. The van der Waals surface area contributed by atoms with E-state index in [4.69, 9.17) is 9.47 Å². The van der Waals surface area contributed by atoms with Crippen LogP contribution >= 0.6 is 0 Å². The van der Waals surface area contributed by atoms with Crippen molar-refractivity contribution < 1.29 is 30.7 Å². The minimum atomic E-state index is -0.235. The Morgan fingerprint density at radius 3 is 1.83 bits per heavy atom. The highest BCUT2D eigenvalue weighted by atomic mass is 127. The monoisotopic (exact) mass is 417 g/mol. The minimum absolute atomic E-state index is 0.235. The van der Waals surface area contributed by atoms with Crippen LogP contribution in [0, 0.1) is 7.14 Å². The molecule has 0 bridgehead atoms. The molecule has 2 nitrogen and oxygen atoms in total. The van der Waals surface area contributed by atoms with Gasteiger partial charge in [-0.2, -0.15) is 0 Å². The van der Waals surface area contributed by atoms with Crippen LogP contribution in [0.25, 0.3) is 11.1 Å². The van der Waals surface area contributed by atoms with E-state index in [1.165, 1.54) is 18.3 Å². The Hall–Kier alpha value is -2.01. The molecule has 3 heteroatoms. The highest BCUT2D eigenvalue weighted by Crippen LogP contribution is 2.22. The topological polar surface area (TPSA) is 18.5 Å². The third kappa shape index (κ3) is 3.85. The Balaban J connectivity index is 1.90. The molecule has 0 amide bonds. The van der Waals surface area contributed by atoms with Crippen LogP contribution in [0.2, 0.25) is 0 Å². The highest BCUT2D eigenvalue weighted by molar-refractivity contribution is 5.63. The molecule has 3 rings (SSSR count). The Morgan fingerprint density at radius 2 is 1.22 bits per heavy atom. The average Bonchev–Trinajstić information content (AvgIpc) is 2.63. The Kier molecular flexibility index (Phi) is 5.18. The van der Waals surface area contributed by atoms with Crippen LogP contribution in [0.3, 0.4) is 0 Å². The zero-order valence-corrected chi connectivity index (χ0v) is 15.3. The fraction of sp³-hybridized carbons (Fsp3) is 0.100. The average molecular weight is 417 g/mol. The molecule has 0 aliphatic rings. The maximum atomic E-state index is 5.25. The van der Waals surface area contributed by atoms with Gasteiger partial charge in [0, 0.05) is 5.56 Å². The molecular formula is C20H18IO2+. The summed E-state index contributed by atoms with van der Waals surface area (Å²) >= 11 is -0.235. The lowest BCUT2D eigenvalue weighted by atomic mass is 10.1. The maximum absolute atomic E-state index is 5.25. The van der Waals surface area contributed by atoms with E-state index in [1.54, 1.807) is 14.2 Å². The van der Waals surface area contributed by atoms with Gasteiger partial charge in [-0.05, 0) is 54.1 Å². The highest BCUT2D eigenvalue weighted by Gasteiger charge is 2.20. The standard InChI is InChI=1S/C20H18IO2/c1-22-17-11-7-15(8-12-17)19-5-3-4-6-20(19)21-16-9-13-18(23-2)14-10-16/h3-14H,1-2H3/q+1. The van der Waals surface area contributed by atoms with Crippen molar-refractivity contribution in [3.63, 3.8) is 0 Å². The number of rotatable bonds is 5. The predicted octanol–water partition coefficient (Wildman–Crippen LogP) is 1.50. The molecule has 0 N–H and O–H groups in total. The van der Waals surface area contributed by atoms with E-state index < -0.39 is 0 Å². The zero-order chi connectivity index (χ0) is 16.1. The molecule has 0 heterocycles. The summed E-state index contributed by atoms with van der Waals surface area (Å²) in [5, 5.41) is 0. The van der Waals surface area contributed by atoms with Crippen molar-refractivity contribution in [3.8, 4) is 22.6 Å². The summed E-state index contributed by atoms with van der Waals surface area (Å²) < 4.78 is 13.3. The molecule has 0 fully saturated rings. The molecule has 0 saturated heterocycles. The molecule has 0 saturated carbocycles. The summed E-state index contributed by atoms with van der Waals surface area (Å²) in [6.45, 7) is 0. The molecule has 23 heavy (non-hydrogen) atoms. The number of hydrogen-bond acceptors (Lipinski definition) is 2. The number of halogens is 1. The lowest BCUT2D eigenvalue weighted by Gasteiger charge is -2.04. The number of hydrogen-bond donors (Lipinski definition) is 0.